The molecule has 55 heavy (non-hydrogen) atoms. The van der Waals surface area contributed by atoms with E-state index in [2.05, 4.69) is 19.2 Å². The van der Waals surface area contributed by atoms with Crippen LogP contribution in [0, 0.1) is 23.7 Å². The quantitative estimate of drug-likeness (QED) is 0.159. The van der Waals surface area contributed by atoms with Crippen molar-refractivity contribution in [2.75, 3.05) is 19.8 Å². The number of rotatable bonds is 13. The third-order valence-corrected chi connectivity index (χ3v) is 13.7. The summed E-state index contributed by atoms with van der Waals surface area (Å²) in [5.74, 6) is 0.618. The summed E-state index contributed by atoms with van der Waals surface area (Å²) in [4.78, 5) is 41.9. The summed E-state index contributed by atoms with van der Waals surface area (Å²) in [6.07, 6.45) is 2.81. The van der Waals surface area contributed by atoms with Gasteiger partial charge >= 0.3 is 13.7 Å². The third kappa shape index (κ3) is 8.32. The maximum atomic E-state index is 14.4. The highest BCUT2D eigenvalue weighted by molar-refractivity contribution is 7.57. The van der Waals surface area contributed by atoms with Crippen molar-refractivity contribution in [2.24, 2.45) is 23.7 Å². The normalized spacial score (nSPS) is 34.9. The molecular weight excluding hydrogens is 727 g/mol. The van der Waals surface area contributed by atoms with Crippen LogP contribution in [0.15, 0.2) is 72.6 Å². The molecule has 8 rings (SSSR count). The fourth-order valence-electron chi connectivity index (χ4n) is 9.19. The largest absolute Gasteiger partial charge is 0.445 e. The molecule has 0 aromatic heterocycles. The molecule has 2 amide bonds. The van der Waals surface area contributed by atoms with Gasteiger partial charge in [-0.1, -0.05) is 74.5 Å². The first-order valence-corrected chi connectivity index (χ1v) is 21.3. The van der Waals surface area contributed by atoms with Gasteiger partial charge in [-0.3, -0.25) is 14.3 Å². The van der Waals surface area contributed by atoms with E-state index < -0.39 is 61.8 Å². The Hall–Kier alpha value is -3.13. The average molecular weight is 783 g/mol. The zero-order valence-electron chi connectivity index (χ0n) is 32.4. The first-order chi connectivity index (χ1) is 26.5. The minimum atomic E-state index is -3.58. The number of carbonyl (C=O) groups excluding carboxylic acids is 2. The van der Waals surface area contributed by atoms with Crippen LogP contribution in [-0.2, 0) is 53.7 Å². The fraction of sp³-hybridized carbons (Fsp3) is 0.610. The molecule has 5 aliphatic heterocycles. The van der Waals surface area contributed by atoms with Crippen molar-refractivity contribution >= 4 is 19.6 Å². The molecule has 14 heteroatoms. The van der Waals surface area contributed by atoms with Crippen LogP contribution in [-0.4, -0.2) is 72.8 Å². The first-order valence-electron chi connectivity index (χ1n) is 19.7. The predicted octanol–water partition coefficient (Wildman–Crippen LogP) is 7.63. The van der Waals surface area contributed by atoms with Crippen LogP contribution < -0.4 is 5.32 Å². The molecule has 1 spiro atoms. The summed E-state index contributed by atoms with van der Waals surface area (Å²) in [5.41, 5.74) is 0.820. The van der Waals surface area contributed by atoms with Crippen LogP contribution in [0.25, 0.3) is 0 Å². The average Bonchev–Trinajstić information content (AvgIpc) is 3.48. The zero-order valence-corrected chi connectivity index (χ0v) is 33.3. The van der Waals surface area contributed by atoms with Crippen molar-refractivity contribution in [1.29, 1.82) is 0 Å². The highest BCUT2D eigenvalue weighted by atomic mass is 31.2. The molecule has 2 bridgehead atoms. The molecule has 11 atom stereocenters. The highest BCUT2D eigenvalue weighted by Gasteiger charge is 2.69. The lowest BCUT2D eigenvalue weighted by atomic mass is 9.58. The number of nitrogens with zero attached hydrogens (tertiary/aromatic N) is 1. The van der Waals surface area contributed by atoms with Gasteiger partial charge in [0.05, 0.1) is 31.9 Å². The Bertz CT molecular complexity index is 1710. The topological polar surface area (TPSA) is 140 Å². The number of nitrogens with one attached hydrogen (secondary N) is 1. The summed E-state index contributed by atoms with van der Waals surface area (Å²) in [6.45, 7) is 10.3. The molecule has 6 aliphatic rings. The van der Waals surface area contributed by atoms with Crippen molar-refractivity contribution in [3.63, 3.8) is 0 Å². The molecular formula is C41H55N2O11P. The number of fused-ring (bicyclic) bond motifs is 2. The lowest BCUT2D eigenvalue weighted by Crippen LogP contribution is -2.70. The Morgan fingerprint density at radius 1 is 0.982 bits per heavy atom. The van der Waals surface area contributed by atoms with E-state index in [1.165, 1.54) is 10.7 Å². The van der Waals surface area contributed by atoms with E-state index in [0.717, 1.165) is 30.4 Å². The van der Waals surface area contributed by atoms with Gasteiger partial charge in [0.2, 0.25) is 11.7 Å². The van der Waals surface area contributed by atoms with E-state index in [9.17, 15) is 14.2 Å². The van der Waals surface area contributed by atoms with Crippen LogP contribution in [0.3, 0.4) is 0 Å². The molecule has 6 fully saturated rings. The van der Waals surface area contributed by atoms with Gasteiger partial charge < -0.3 is 33.3 Å². The van der Waals surface area contributed by atoms with Crippen molar-refractivity contribution < 1.29 is 51.9 Å². The molecule has 2 aromatic carbocycles. The summed E-state index contributed by atoms with van der Waals surface area (Å²) in [5, 5.41) is 3.08. The predicted molar refractivity (Wildman–Crippen MR) is 201 cm³/mol. The highest BCUT2D eigenvalue weighted by Crippen LogP contribution is 2.60. The van der Waals surface area contributed by atoms with Crippen LogP contribution in [0.5, 0.6) is 0 Å². The fourth-order valence-corrected chi connectivity index (χ4v) is 10.5. The van der Waals surface area contributed by atoms with Gasteiger partial charge in [-0.2, -0.15) is 0 Å². The summed E-state index contributed by atoms with van der Waals surface area (Å²) in [7, 11) is -3.58. The van der Waals surface area contributed by atoms with Crippen molar-refractivity contribution in [3.8, 4) is 0 Å². The molecule has 1 unspecified atom stereocenters. The molecule has 1 saturated carbocycles. The maximum absolute atomic E-state index is 14.4. The van der Waals surface area contributed by atoms with Crippen LogP contribution in [0.1, 0.15) is 83.9 Å². The second-order valence-corrected chi connectivity index (χ2v) is 17.5. The minimum Gasteiger partial charge on any atom is -0.445 e. The van der Waals surface area contributed by atoms with E-state index in [4.69, 9.17) is 37.8 Å². The third-order valence-electron chi connectivity index (χ3n) is 12.0. The first kappa shape index (κ1) is 40.1. The van der Waals surface area contributed by atoms with Gasteiger partial charge in [0, 0.05) is 30.5 Å². The summed E-state index contributed by atoms with van der Waals surface area (Å²) >= 11 is 0. The smallest absolute Gasteiger partial charge is 0.410 e. The number of carbonyl (C=O) groups is 2. The van der Waals surface area contributed by atoms with E-state index in [-0.39, 0.29) is 50.5 Å². The Kier molecular flexibility index (Phi) is 12.2. The number of hydrogen-bond acceptors (Lipinski definition) is 11. The number of ether oxygens (including phenoxy) is 4. The van der Waals surface area contributed by atoms with Gasteiger partial charge in [0.1, 0.15) is 12.6 Å². The SMILES string of the molecule is CCOP(=O)(/C=C/C(NC(=O)[C@@H]1C[C@@H](O[C@H]2O[C@@H]3O[C@@]4(C)CC[C@H]5[C@H](C)CC[C@@H]([C@H]2C)[C@@]35OO4)CN1C(=O)OCc1ccccc1)c1ccccc1)OCC. The van der Waals surface area contributed by atoms with Crippen LogP contribution in [0.4, 0.5) is 4.79 Å². The van der Waals surface area contributed by atoms with E-state index in [1.54, 1.807) is 19.9 Å². The van der Waals surface area contributed by atoms with Crippen molar-refractivity contribution in [1.82, 2.24) is 10.2 Å². The van der Waals surface area contributed by atoms with Crippen LogP contribution in [0.2, 0.25) is 0 Å². The number of benzene rings is 2. The Balaban J connectivity index is 1.12. The zero-order chi connectivity index (χ0) is 38.8. The molecule has 5 saturated heterocycles. The molecule has 300 valence electrons. The molecule has 2 aromatic rings. The molecule has 13 nitrogen and oxygen atoms in total. The molecule has 1 aliphatic carbocycles. The monoisotopic (exact) mass is 782 g/mol. The maximum Gasteiger partial charge on any atom is 0.410 e. The van der Waals surface area contributed by atoms with Crippen molar-refractivity contribution in [2.45, 2.75) is 115 Å². The van der Waals surface area contributed by atoms with Gasteiger partial charge in [0.25, 0.3) is 0 Å². The lowest BCUT2D eigenvalue weighted by Gasteiger charge is -2.60. The second kappa shape index (κ2) is 16.8. The summed E-state index contributed by atoms with van der Waals surface area (Å²) in [6, 6.07) is 17.0. The Morgan fingerprint density at radius 3 is 2.40 bits per heavy atom. The second-order valence-electron chi connectivity index (χ2n) is 15.6. The van der Waals surface area contributed by atoms with E-state index >= 15 is 0 Å². The molecule has 0 radical (unpaired) electrons. The Morgan fingerprint density at radius 2 is 1.69 bits per heavy atom. The Labute approximate surface area is 323 Å². The molecule has 1 N–H and O–H groups in total. The van der Waals surface area contributed by atoms with E-state index in [1.807, 2.05) is 67.6 Å². The van der Waals surface area contributed by atoms with E-state index in [0.29, 0.717) is 12.3 Å². The molecule has 5 heterocycles. The lowest BCUT2D eigenvalue weighted by molar-refractivity contribution is -0.578. The van der Waals surface area contributed by atoms with Crippen LogP contribution >= 0.6 is 7.60 Å². The van der Waals surface area contributed by atoms with Gasteiger partial charge in [0.15, 0.2) is 18.2 Å². The van der Waals surface area contributed by atoms with Gasteiger partial charge in [-0.15, -0.1) is 0 Å². The summed E-state index contributed by atoms with van der Waals surface area (Å²) < 4.78 is 50.1. The standard InChI is InChI=1S/C41H55N2O11P/c1-6-48-55(46,49-7-2)23-21-34(30-16-12-9-13-17-30)42-36(44)35-24-31(25-43(35)39(45)47-26-29-14-10-8-11-15-29)50-37-28(4)33-19-18-27(3)32-20-22-40(5)52-38(51-37)41(32,33)54-53-40/h8-17,21,23,27-28,31-35,37-38H,6-7,18-20,22,24-26H2,1-5H3,(H,42,44)/b23-21+/t27-,28-,31-,32+,33+,34?,35+,37+,38-,40-,41-/m1/s1. The minimum absolute atomic E-state index is 0.0432. The number of likely N-dealkylation sites (tertiary alicyclic amines) is 1. The van der Waals surface area contributed by atoms with Gasteiger partial charge in [-0.05, 0) is 69.1 Å². The number of hydrogen-bond donors (Lipinski definition) is 1. The van der Waals surface area contributed by atoms with Crippen molar-refractivity contribution in [3.05, 3.63) is 83.7 Å². The number of amides is 2. The van der Waals surface area contributed by atoms with Gasteiger partial charge in [-0.25, -0.2) is 14.6 Å².